The molecule has 1 amide bonds. The van der Waals surface area contributed by atoms with Gasteiger partial charge in [0.15, 0.2) is 5.16 Å². The number of nitrogens with one attached hydrogen (secondary N) is 1. The lowest BCUT2D eigenvalue weighted by molar-refractivity contribution is -0.118. The third-order valence-corrected chi connectivity index (χ3v) is 8.05. The molecule has 2 aromatic carbocycles. The second-order valence-electron chi connectivity index (χ2n) is 8.18. The maximum absolute atomic E-state index is 13.7. The molecule has 5 rings (SSSR count). The summed E-state index contributed by atoms with van der Waals surface area (Å²) in [4.78, 5) is 33.3. The molecule has 0 atom stereocenters. The normalized spacial score (nSPS) is 13.0. The molecule has 1 aliphatic rings. The van der Waals surface area contributed by atoms with Crippen LogP contribution in [-0.4, -0.2) is 28.3 Å². The average molecular weight is 492 g/mol. The highest BCUT2D eigenvalue weighted by Crippen LogP contribution is 2.35. The SMILES string of the molecule is COc1cccc(CNC(=O)CSc2nc3sc4c(c3c(=O)n2-c2ccccc2)CCCC4)c1. The maximum Gasteiger partial charge on any atom is 0.267 e. The Morgan fingerprint density at radius 3 is 2.79 bits per heavy atom. The van der Waals surface area contributed by atoms with Crippen LogP contribution in [0.3, 0.4) is 0 Å². The smallest absolute Gasteiger partial charge is 0.267 e. The average Bonchev–Trinajstić information content (AvgIpc) is 3.25. The molecule has 0 aliphatic heterocycles. The summed E-state index contributed by atoms with van der Waals surface area (Å²) >= 11 is 2.92. The number of hydrogen-bond acceptors (Lipinski definition) is 6. The van der Waals surface area contributed by atoms with Crippen molar-refractivity contribution in [3.8, 4) is 11.4 Å². The van der Waals surface area contributed by atoms with Crippen LogP contribution in [0.4, 0.5) is 0 Å². The Labute approximate surface area is 206 Å². The van der Waals surface area contributed by atoms with Gasteiger partial charge in [0.1, 0.15) is 10.6 Å². The van der Waals surface area contributed by atoms with Gasteiger partial charge in [-0.25, -0.2) is 4.98 Å². The summed E-state index contributed by atoms with van der Waals surface area (Å²) in [5.41, 5.74) is 2.84. The van der Waals surface area contributed by atoms with Gasteiger partial charge in [0.25, 0.3) is 5.56 Å². The summed E-state index contributed by atoms with van der Waals surface area (Å²) in [5, 5.41) is 4.23. The van der Waals surface area contributed by atoms with Gasteiger partial charge in [0.2, 0.25) is 5.91 Å². The molecule has 0 spiro atoms. The summed E-state index contributed by atoms with van der Waals surface area (Å²) < 4.78 is 6.90. The van der Waals surface area contributed by atoms with Gasteiger partial charge in [-0.2, -0.15) is 0 Å². The zero-order chi connectivity index (χ0) is 23.5. The second kappa shape index (κ2) is 10.0. The van der Waals surface area contributed by atoms with E-state index in [1.165, 1.54) is 22.2 Å². The van der Waals surface area contributed by atoms with E-state index in [0.717, 1.165) is 52.9 Å². The Morgan fingerprint density at radius 2 is 1.97 bits per heavy atom. The van der Waals surface area contributed by atoms with E-state index in [4.69, 9.17) is 9.72 Å². The van der Waals surface area contributed by atoms with Gasteiger partial charge >= 0.3 is 0 Å². The van der Waals surface area contributed by atoms with Crippen LogP contribution >= 0.6 is 23.1 Å². The molecule has 2 aromatic heterocycles. The first kappa shape index (κ1) is 22.7. The molecule has 0 bridgehead atoms. The summed E-state index contributed by atoms with van der Waals surface area (Å²) in [6, 6.07) is 17.1. The quantitative estimate of drug-likeness (QED) is 0.299. The van der Waals surface area contributed by atoms with Crippen LogP contribution in [0.15, 0.2) is 64.5 Å². The molecule has 174 valence electrons. The molecule has 34 heavy (non-hydrogen) atoms. The second-order valence-corrected chi connectivity index (χ2v) is 10.2. The lowest BCUT2D eigenvalue weighted by Crippen LogP contribution is -2.26. The molecule has 8 heteroatoms. The number of thioether (sulfide) groups is 1. The van der Waals surface area contributed by atoms with Gasteiger partial charge in [-0.3, -0.25) is 14.2 Å². The fourth-order valence-electron chi connectivity index (χ4n) is 4.25. The maximum atomic E-state index is 13.7. The molecule has 1 N–H and O–H groups in total. The van der Waals surface area contributed by atoms with Gasteiger partial charge < -0.3 is 10.1 Å². The number of hydrogen-bond donors (Lipinski definition) is 1. The molecule has 0 unspecified atom stereocenters. The van der Waals surface area contributed by atoms with Crippen LogP contribution in [0.1, 0.15) is 28.8 Å². The van der Waals surface area contributed by atoms with Crippen molar-refractivity contribution in [3.05, 3.63) is 81.0 Å². The lowest BCUT2D eigenvalue weighted by Gasteiger charge is -2.13. The summed E-state index contributed by atoms with van der Waals surface area (Å²) in [7, 11) is 1.62. The van der Waals surface area contributed by atoms with E-state index < -0.39 is 0 Å². The summed E-state index contributed by atoms with van der Waals surface area (Å²) in [6.45, 7) is 0.409. The van der Waals surface area contributed by atoms with Crippen molar-refractivity contribution in [2.24, 2.45) is 0 Å². The largest absolute Gasteiger partial charge is 0.497 e. The molecule has 0 saturated heterocycles. The first-order valence-corrected chi connectivity index (χ1v) is 13.1. The third kappa shape index (κ3) is 4.60. The Morgan fingerprint density at radius 1 is 1.15 bits per heavy atom. The monoisotopic (exact) mass is 491 g/mol. The van der Waals surface area contributed by atoms with Crippen molar-refractivity contribution in [1.29, 1.82) is 0 Å². The molecule has 0 saturated carbocycles. The molecule has 4 aromatic rings. The van der Waals surface area contributed by atoms with Crippen LogP contribution in [0.5, 0.6) is 5.75 Å². The Balaban J connectivity index is 1.41. The number of carbonyl (C=O) groups is 1. The fraction of sp³-hybridized carbons (Fsp3) is 0.269. The van der Waals surface area contributed by atoms with E-state index in [2.05, 4.69) is 5.32 Å². The van der Waals surface area contributed by atoms with Crippen LogP contribution in [0, 0.1) is 0 Å². The van der Waals surface area contributed by atoms with Gasteiger partial charge in [0.05, 0.1) is 23.9 Å². The highest BCUT2D eigenvalue weighted by Gasteiger charge is 2.23. The molecule has 6 nitrogen and oxygen atoms in total. The van der Waals surface area contributed by atoms with E-state index in [-0.39, 0.29) is 17.2 Å². The van der Waals surface area contributed by atoms with Crippen LogP contribution in [0.2, 0.25) is 0 Å². The van der Waals surface area contributed by atoms with Gasteiger partial charge in [-0.15, -0.1) is 11.3 Å². The third-order valence-electron chi connectivity index (χ3n) is 5.93. The number of rotatable bonds is 7. The first-order chi connectivity index (χ1) is 16.6. The van der Waals surface area contributed by atoms with E-state index in [0.29, 0.717) is 11.7 Å². The minimum Gasteiger partial charge on any atom is -0.497 e. The number of fused-ring (bicyclic) bond motifs is 3. The molecular weight excluding hydrogens is 466 g/mol. The number of amides is 1. The number of carbonyl (C=O) groups excluding carboxylic acids is 1. The van der Waals surface area contributed by atoms with Crippen LogP contribution in [0.25, 0.3) is 15.9 Å². The van der Waals surface area contributed by atoms with Crippen LogP contribution < -0.4 is 15.6 Å². The van der Waals surface area contributed by atoms with Crippen molar-refractivity contribution in [1.82, 2.24) is 14.9 Å². The van der Waals surface area contributed by atoms with Gasteiger partial charge in [0, 0.05) is 11.4 Å². The summed E-state index contributed by atoms with van der Waals surface area (Å²) in [6.07, 6.45) is 4.20. The molecule has 0 radical (unpaired) electrons. The summed E-state index contributed by atoms with van der Waals surface area (Å²) in [5.74, 6) is 0.802. The standard InChI is InChI=1S/C26H25N3O3S2/c1-32-19-11-7-8-17(14-19)15-27-22(30)16-33-26-28-24-23(20-12-5-6-13-21(20)34-24)25(31)29(26)18-9-3-2-4-10-18/h2-4,7-11,14H,5-6,12-13,15-16H2,1H3,(H,27,30). The number of benzene rings is 2. The van der Waals surface area contributed by atoms with Gasteiger partial charge in [-0.05, 0) is 61.1 Å². The number of nitrogens with zero attached hydrogens (tertiary/aromatic N) is 2. The number of aromatic nitrogens is 2. The molecule has 2 heterocycles. The first-order valence-electron chi connectivity index (χ1n) is 11.3. The number of aryl methyl sites for hydroxylation is 2. The van der Waals surface area contributed by atoms with Crippen LogP contribution in [-0.2, 0) is 24.2 Å². The molecule has 0 fully saturated rings. The Hall–Kier alpha value is -3.10. The topological polar surface area (TPSA) is 73.2 Å². The van der Waals surface area contributed by atoms with Crippen molar-refractivity contribution >= 4 is 39.2 Å². The molecule has 1 aliphatic carbocycles. The van der Waals surface area contributed by atoms with E-state index >= 15 is 0 Å². The van der Waals surface area contributed by atoms with Gasteiger partial charge in [-0.1, -0.05) is 42.1 Å². The van der Waals surface area contributed by atoms with Crippen molar-refractivity contribution in [3.63, 3.8) is 0 Å². The number of thiophene rings is 1. The highest BCUT2D eigenvalue weighted by atomic mass is 32.2. The fourth-order valence-corrected chi connectivity index (χ4v) is 6.40. The minimum atomic E-state index is -0.118. The lowest BCUT2D eigenvalue weighted by atomic mass is 9.97. The van der Waals surface area contributed by atoms with Crippen molar-refractivity contribution in [2.45, 2.75) is 37.4 Å². The molecular formula is C26H25N3O3S2. The predicted molar refractivity (Wildman–Crippen MR) is 137 cm³/mol. The highest BCUT2D eigenvalue weighted by molar-refractivity contribution is 7.99. The van der Waals surface area contributed by atoms with E-state index in [9.17, 15) is 9.59 Å². The van der Waals surface area contributed by atoms with Crippen molar-refractivity contribution < 1.29 is 9.53 Å². The Kier molecular flexibility index (Phi) is 6.69. The number of ether oxygens (including phenoxy) is 1. The Bertz CT molecular complexity index is 1400. The van der Waals surface area contributed by atoms with E-state index in [1.807, 2.05) is 54.6 Å². The number of methoxy groups -OCH3 is 1. The van der Waals surface area contributed by atoms with E-state index in [1.54, 1.807) is 23.0 Å². The zero-order valence-corrected chi connectivity index (χ0v) is 20.5. The predicted octanol–water partition coefficient (Wildman–Crippen LogP) is 4.74. The minimum absolute atomic E-state index is 0.0464. The zero-order valence-electron chi connectivity index (χ0n) is 18.9. The van der Waals surface area contributed by atoms with Crippen molar-refractivity contribution in [2.75, 3.05) is 12.9 Å². The number of para-hydroxylation sites is 1.